The van der Waals surface area contributed by atoms with Crippen LogP contribution < -0.4 is 4.74 Å². The van der Waals surface area contributed by atoms with Crippen molar-refractivity contribution in [1.82, 2.24) is 14.9 Å². The third-order valence-electron chi connectivity index (χ3n) is 3.32. The second-order valence-corrected chi connectivity index (χ2v) is 5.90. The summed E-state index contributed by atoms with van der Waals surface area (Å²) in [7, 11) is 0. The molecule has 0 amide bonds. The molecular weight excluding hydrogens is 348 g/mol. The highest BCUT2D eigenvalue weighted by atomic mass is 35.5. The molecule has 2 aromatic heterocycles. The second-order valence-electron chi connectivity index (χ2n) is 5.11. The molecule has 0 unspecified atom stereocenters. The number of H-pyrrole nitrogens is 1. The van der Waals surface area contributed by atoms with Crippen LogP contribution in [0.5, 0.6) is 5.75 Å². The summed E-state index contributed by atoms with van der Waals surface area (Å²) >= 11 is 11.2. The summed E-state index contributed by atoms with van der Waals surface area (Å²) in [5, 5.41) is 11.5. The van der Waals surface area contributed by atoms with Gasteiger partial charge in [-0.1, -0.05) is 23.7 Å². The number of rotatable bonds is 5. The van der Waals surface area contributed by atoms with Gasteiger partial charge in [0.15, 0.2) is 0 Å². The van der Waals surface area contributed by atoms with Crippen LogP contribution in [0.2, 0.25) is 5.02 Å². The zero-order valence-electron chi connectivity index (χ0n) is 13.1. The molecule has 0 spiro atoms. The minimum atomic E-state index is 0.280. The van der Waals surface area contributed by atoms with Gasteiger partial charge >= 0.3 is 0 Å². The Hall–Kier alpha value is -2.38. The topological polar surface area (TPSA) is 68.3 Å². The number of halogens is 1. The van der Waals surface area contributed by atoms with Gasteiger partial charge in [-0.25, -0.2) is 0 Å². The average molecular weight is 363 g/mol. The van der Waals surface area contributed by atoms with Crippen LogP contribution >= 0.6 is 23.8 Å². The van der Waals surface area contributed by atoms with Crippen molar-refractivity contribution in [2.24, 2.45) is 5.10 Å². The van der Waals surface area contributed by atoms with Crippen LogP contribution in [0.15, 0.2) is 39.9 Å². The highest BCUT2D eigenvalue weighted by molar-refractivity contribution is 7.71. The smallest absolute Gasteiger partial charge is 0.216 e. The maximum atomic E-state index is 6.14. The van der Waals surface area contributed by atoms with Crippen molar-refractivity contribution in [3.05, 3.63) is 63.0 Å². The van der Waals surface area contributed by atoms with Gasteiger partial charge in [0.25, 0.3) is 0 Å². The zero-order valence-corrected chi connectivity index (χ0v) is 14.7. The average Bonchev–Trinajstić information content (AvgIpc) is 3.12. The molecule has 6 nitrogen and oxygen atoms in total. The molecule has 0 saturated carbocycles. The van der Waals surface area contributed by atoms with E-state index in [0.717, 1.165) is 5.56 Å². The molecule has 24 heavy (non-hydrogen) atoms. The van der Waals surface area contributed by atoms with Gasteiger partial charge in [-0.05, 0) is 49.8 Å². The van der Waals surface area contributed by atoms with E-state index in [4.69, 9.17) is 33.0 Å². The van der Waals surface area contributed by atoms with E-state index in [-0.39, 0.29) is 6.61 Å². The number of nitrogens with zero attached hydrogens (tertiary/aromatic N) is 3. The Balaban J connectivity index is 1.69. The number of benzene rings is 1. The Kier molecular flexibility index (Phi) is 4.82. The second kappa shape index (κ2) is 7.02. The van der Waals surface area contributed by atoms with Crippen molar-refractivity contribution in [3.63, 3.8) is 0 Å². The van der Waals surface area contributed by atoms with Crippen LogP contribution in [0.4, 0.5) is 0 Å². The van der Waals surface area contributed by atoms with E-state index in [9.17, 15) is 0 Å². The predicted octanol–water partition coefficient (Wildman–Crippen LogP) is 4.27. The SMILES string of the molecule is Cc1cccc(Cl)c1OCc1ccc(/C=N\n2c(C)n[nH]c2=S)o1. The lowest BCUT2D eigenvalue weighted by atomic mass is 10.2. The first kappa shape index (κ1) is 16.5. The highest BCUT2D eigenvalue weighted by Gasteiger charge is 2.07. The van der Waals surface area contributed by atoms with Gasteiger partial charge in [0.2, 0.25) is 4.77 Å². The van der Waals surface area contributed by atoms with Gasteiger partial charge in [0, 0.05) is 0 Å². The summed E-state index contributed by atoms with van der Waals surface area (Å²) in [6.07, 6.45) is 1.57. The fourth-order valence-electron chi connectivity index (χ4n) is 2.11. The molecule has 0 atom stereocenters. The number of aromatic amines is 1. The van der Waals surface area contributed by atoms with E-state index in [1.807, 2.05) is 25.1 Å². The lowest BCUT2D eigenvalue weighted by Crippen LogP contribution is -1.96. The molecule has 1 aromatic carbocycles. The standard InChI is InChI=1S/C16H15ClN4O2S/c1-10-4-3-5-14(17)15(10)22-9-13-7-6-12(23-13)8-18-21-11(2)19-20-16(21)24/h3-8H,9H2,1-2H3,(H,20,24)/b18-8-. The number of hydrogen-bond donors (Lipinski definition) is 1. The Morgan fingerprint density at radius 3 is 2.92 bits per heavy atom. The molecule has 0 aliphatic carbocycles. The van der Waals surface area contributed by atoms with Crippen molar-refractivity contribution >= 4 is 30.0 Å². The molecular formula is C16H15ClN4O2S. The molecule has 0 bridgehead atoms. The Labute approximate surface area is 148 Å². The molecule has 0 saturated heterocycles. The Morgan fingerprint density at radius 1 is 1.38 bits per heavy atom. The zero-order chi connectivity index (χ0) is 17.1. The van der Waals surface area contributed by atoms with Gasteiger partial charge < -0.3 is 9.15 Å². The summed E-state index contributed by atoms with van der Waals surface area (Å²) in [6, 6.07) is 9.25. The molecule has 0 fully saturated rings. The summed E-state index contributed by atoms with van der Waals surface area (Å²) in [5.41, 5.74) is 0.973. The number of furan rings is 1. The maximum Gasteiger partial charge on any atom is 0.216 e. The van der Waals surface area contributed by atoms with Crippen molar-refractivity contribution in [3.8, 4) is 5.75 Å². The van der Waals surface area contributed by atoms with E-state index >= 15 is 0 Å². The molecule has 1 N–H and O–H groups in total. The molecule has 124 valence electrons. The van der Waals surface area contributed by atoms with E-state index in [1.165, 1.54) is 4.68 Å². The number of ether oxygens (including phenoxy) is 1. The molecule has 0 aliphatic heterocycles. The lowest BCUT2D eigenvalue weighted by molar-refractivity contribution is 0.268. The molecule has 0 radical (unpaired) electrons. The molecule has 3 aromatic rings. The number of hydrogen-bond acceptors (Lipinski definition) is 5. The molecule has 2 heterocycles. The van der Waals surface area contributed by atoms with Gasteiger partial charge in [-0.2, -0.15) is 14.9 Å². The molecule has 0 aliphatic rings. The van der Waals surface area contributed by atoms with Crippen LogP contribution in [0.25, 0.3) is 0 Å². The highest BCUT2D eigenvalue weighted by Crippen LogP contribution is 2.28. The third kappa shape index (κ3) is 3.58. The Morgan fingerprint density at radius 2 is 2.21 bits per heavy atom. The lowest BCUT2D eigenvalue weighted by Gasteiger charge is -2.09. The van der Waals surface area contributed by atoms with Crippen molar-refractivity contribution in [2.45, 2.75) is 20.5 Å². The van der Waals surface area contributed by atoms with Gasteiger partial charge in [-0.3, -0.25) is 5.10 Å². The van der Waals surface area contributed by atoms with Crippen LogP contribution in [0.1, 0.15) is 22.9 Å². The first-order chi connectivity index (χ1) is 11.5. The number of para-hydroxylation sites is 1. The molecule has 3 rings (SSSR count). The van der Waals surface area contributed by atoms with Gasteiger partial charge in [-0.15, -0.1) is 0 Å². The minimum Gasteiger partial charge on any atom is -0.484 e. The monoisotopic (exact) mass is 362 g/mol. The fourth-order valence-corrected chi connectivity index (χ4v) is 2.61. The summed E-state index contributed by atoms with van der Waals surface area (Å²) in [5.74, 6) is 2.59. The van der Waals surface area contributed by atoms with Crippen LogP contribution in [-0.2, 0) is 6.61 Å². The van der Waals surface area contributed by atoms with E-state index < -0.39 is 0 Å². The maximum absolute atomic E-state index is 6.14. The van der Waals surface area contributed by atoms with Crippen LogP contribution in [0.3, 0.4) is 0 Å². The van der Waals surface area contributed by atoms with E-state index in [1.54, 1.807) is 25.3 Å². The van der Waals surface area contributed by atoms with Crippen molar-refractivity contribution in [2.75, 3.05) is 0 Å². The van der Waals surface area contributed by atoms with Crippen LogP contribution in [0, 0.1) is 18.6 Å². The van der Waals surface area contributed by atoms with Crippen molar-refractivity contribution in [1.29, 1.82) is 0 Å². The largest absolute Gasteiger partial charge is 0.484 e. The summed E-state index contributed by atoms with van der Waals surface area (Å²) in [4.78, 5) is 0. The third-order valence-corrected chi connectivity index (χ3v) is 3.88. The first-order valence-corrected chi connectivity index (χ1v) is 7.98. The minimum absolute atomic E-state index is 0.280. The Bertz CT molecular complexity index is 921. The number of aryl methyl sites for hydroxylation is 2. The van der Waals surface area contributed by atoms with Gasteiger partial charge in [0.05, 0.1) is 11.2 Å². The summed E-state index contributed by atoms with van der Waals surface area (Å²) in [6.45, 7) is 4.03. The van der Waals surface area contributed by atoms with Gasteiger partial charge in [0.1, 0.15) is 29.7 Å². The molecule has 8 heteroatoms. The predicted molar refractivity (Wildman–Crippen MR) is 94.4 cm³/mol. The summed E-state index contributed by atoms with van der Waals surface area (Å²) < 4.78 is 13.4. The van der Waals surface area contributed by atoms with E-state index in [0.29, 0.717) is 32.9 Å². The number of aromatic nitrogens is 3. The normalized spacial score (nSPS) is 11.3. The van der Waals surface area contributed by atoms with Crippen LogP contribution in [-0.4, -0.2) is 21.1 Å². The van der Waals surface area contributed by atoms with Crippen molar-refractivity contribution < 1.29 is 9.15 Å². The quantitative estimate of drug-likeness (QED) is 0.543. The number of nitrogens with one attached hydrogen (secondary N) is 1. The first-order valence-electron chi connectivity index (χ1n) is 7.19. The fraction of sp³-hybridized carbons (Fsp3) is 0.188. The van der Waals surface area contributed by atoms with E-state index in [2.05, 4.69) is 15.3 Å².